The molecular formula is C9H9N3O. The van der Waals surface area contributed by atoms with E-state index in [0.29, 0.717) is 18.0 Å². The Balaban J connectivity index is 2.78. The second-order valence-electron chi connectivity index (χ2n) is 2.29. The third-order valence-electron chi connectivity index (χ3n) is 1.35. The van der Waals surface area contributed by atoms with Gasteiger partial charge in [-0.3, -0.25) is 0 Å². The van der Waals surface area contributed by atoms with E-state index in [-0.39, 0.29) is 0 Å². The maximum absolute atomic E-state index is 8.19. The number of nitrogens with zero attached hydrogens (tertiary/aromatic N) is 3. The zero-order valence-corrected chi connectivity index (χ0v) is 7.05. The molecule has 1 aromatic rings. The van der Waals surface area contributed by atoms with Gasteiger partial charge in [0, 0.05) is 10.6 Å². The van der Waals surface area contributed by atoms with E-state index in [9.17, 15) is 0 Å². The molecule has 0 aliphatic rings. The van der Waals surface area contributed by atoms with Gasteiger partial charge in [-0.2, -0.15) is 0 Å². The molecule has 0 radical (unpaired) electrons. The molecule has 0 aromatic heterocycles. The van der Waals surface area contributed by atoms with Crippen molar-refractivity contribution in [2.75, 3.05) is 6.61 Å². The summed E-state index contributed by atoms with van der Waals surface area (Å²) in [5.74, 6) is 0.671. The van der Waals surface area contributed by atoms with Gasteiger partial charge in [0.25, 0.3) is 0 Å². The maximum atomic E-state index is 8.19. The number of azide groups is 1. The monoisotopic (exact) mass is 175 g/mol. The molecule has 0 unspecified atom stereocenters. The quantitative estimate of drug-likeness (QED) is 0.300. The van der Waals surface area contributed by atoms with Crippen LogP contribution in [0.5, 0.6) is 5.75 Å². The Morgan fingerprint density at radius 3 is 3.15 bits per heavy atom. The normalized spacial score (nSPS) is 8.62. The number of rotatable bonds is 4. The molecule has 1 rings (SSSR count). The Kier molecular flexibility index (Phi) is 3.42. The van der Waals surface area contributed by atoms with Gasteiger partial charge in [-0.15, -0.1) is 0 Å². The molecule has 0 heterocycles. The van der Waals surface area contributed by atoms with E-state index >= 15 is 0 Å². The fourth-order valence-corrected chi connectivity index (χ4v) is 0.842. The highest BCUT2D eigenvalue weighted by molar-refractivity contribution is 5.42. The van der Waals surface area contributed by atoms with E-state index in [4.69, 9.17) is 10.3 Å². The summed E-state index contributed by atoms with van der Waals surface area (Å²) < 4.78 is 5.24. The fraction of sp³-hybridized carbons (Fsp3) is 0.111. The number of benzene rings is 1. The van der Waals surface area contributed by atoms with Gasteiger partial charge in [0.15, 0.2) is 0 Å². The SMILES string of the molecule is C=CCOc1cccc(N=[N+]=[N-])c1. The second kappa shape index (κ2) is 4.85. The third-order valence-corrected chi connectivity index (χ3v) is 1.35. The van der Waals surface area contributed by atoms with Crippen LogP contribution in [0.3, 0.4) is 0 Å². The molecule has 0 fully saturated rings. The molecule has 0 saturated heterocycles. The lowest BCUT2D eigenvalue weighted by atomic mass is 10.3. The Bertz CT molecular complexity index is 342. The Morgan fingerprint density at radius 1 is 1.62 bits per heavy atom. The predicted molar refractivity (Wildman–Crippen MR) is 50.9 cm³/mol. The van der Waals surface area contributed by atoms with Gasteiger partial charge in [-0.25, -0.2) is 0 Å². The summed E-state index contributed by atoms with van der Waals surface area (Å²) in [4.78, 5) is 2.68. The van der Waals surface area contributed by atoms with Crippen LogP contribution in [-0.2, 0) is 0 Å². The first kappa shape index (κ1) is 9.16. The lowest BCUT2D eigenvalue weighted by Crippen LogP contribution is -1.91. The fourth-order valence-electron chi connectivity index (χ4n) is 0.842. The molecule has 13 heavy (non-hydrogen) atoms. The average molecular weight is 175 g/mol. The largest absolute Gasteiger partial charge is 0.490 e. The maximum Gasteiger partial charge on any atom is 0.120 e. The molecule has 0 aliphatic heterocycles. The third kappa shape index (κ3) is 2.89. The van der Waals surface area contributed by atoms with Crippen LogP contribution in [0.1, 0.15) is 0 Å². The average Bonchev–Trinajstić information content (AvgIpc) is 2.16. The van der Waals surface area contributed by atoms with Crippen molar-refractivity contribution >= 4 is 5.69 Å². The second-order valence-corrected chi connectivity index (χ2v) is 2.29. The van der Waals surface area contributed by atoms with Crippen molar-refractivity contribution < 1.29 is 4.74 Å². The number of ether oxygens (including phenoxy) is 1. The number of hydrogen-bond acceptors (Lipinski definition) is 2. The molecule has 0 bridgehead atoms. The first-order valence-corrected chi connectivity index (χ1v) is 3.75. The van der Waals surface area contributed by atoms with Gasteiger partial charge in [0.2, 0.25) is 0 Å². The van der Waals surface area contributed by atoms with Crippen molar-refractivity contribution in [3.05, 3.63) is 47.4 Å². The van der Waals surface area contributed by atoms with Gasteiger partial charge in [0.05, 0.1) is 0 Å². The molecule has 1 aromatic carbocycles. The Labute approximate surface area is 76.1 Å². The van der Waals surface area contributed by atoms with E-state index in [1.807, 2.05) is 0 Å². The molecule has 0 spiro atoms. The van der Waals surface area contributed by atoms with Crippen molar-refractivity contribution in [3.63, 3.8) is 0 Å². The van der Waals surface area contributed by atoms with Gasteiger partial charge in [0.1, 0.15) is 12.4 Å². The minimum absolute atomic E-state index is 0.444. The summed E-state index contributed by atoms with van der Waals surface area (Å²) in [6, 6.07) is 6.94. The van der Waals surface area contributed by atoms with Gasteiger partial charge < -0.3 is 4.74 Å². The van der Waals surface area contributed by atoms with Gasteiger partial charge >= 0.3 is 0 Å². The van der Waals surface area contributed by atoms with Gasteiger partial charge in [-0.05, 0) is 17.7 Å². The first-order chi connectivity index (χ1) is 6.36. The van der Waals surface area contributed by atoms with Crippen molar-refractivity contribution in [1.29, 1.82) is 0 Å². The molecule has 4 heteroatoms. The van der Waals surface area contributed by atoms with Crippen LogP contribution in [0.2, 0.25) is 0 Å². The Hall–Kier alpha value is -1.93. The lowest BCUT2D eigenvalue weighted by Gasteiger charge is -2.02. The number of hydrogen-bond donors (Lipinski definition) is 0. The summed E-state index contributed by atoms with van der Waals surface area (Å²) in [6.07, 6.45) is 1.65. The predicted octanol–water partition coefficient (Wildman–Crippen LogP) is 3.19. The van der Waals surface area contributed by atoms with E-state index in [1.54, 1.807) is 30.3 Å². The van der Waals surface area contributed by atoms with Crippen LogP contribution in [-0.4, -0.2) is 6.61 Å². The van der Waals surface area contributed by atoms with Crippen molar-refractivity contribution in [1.82, 2.24) is 0 Å². The zero-order chi connectivity index (χ0) is 9.52. The van der Waals surface area contributed by atoms with Crippen LogP contribution >= 0.6 is 0 Å². The highest BCUT2D eigenvalue weighted by Gasteiger charge is 1.92. The van der Waals surface area contributed by atoms with E-state index in [2.05, 4.69) is 16.6 Å². The van der Waals surface area contributed by atoms with Crippen molar-refractivity contribution in [2.45, 2.75) is 0 Å². The van der Waals surface area contributed by atoms with Crippen molar-refractivity contribution in [3.8, 4) is 5.75 Å². The molecule has 0 aliphatic carbocycles. The van der Waals surface area contributed by atoms with Crippen LogP contribution in [0.4, 0.5) is 5.69 Å². The van der Waals surface area contributed by atoms with Crippen LogP contribution in [0.15, 0.2) is 42.0 Å². The first-order valence-electron chi connectivity index (χ1n) is 3.75. The highest BCUT2D eigenvalue weighted by Crippen LogP contribution is 2.19. The topological polar surface area (TPSA) is 58.0 Å². The Morgan fingerprint density at radius 2 is 2.46 bits per heavy atom. The molecular weight excluding hydrogens is 166 g/mol. The molecule has 66 valence electrons. The van der Waals surface area contributed by atoms with Crippen molar-refractivity contribution in [2.24, 2.45) is 5.11 Å². The molecule has 0 atom stereocenters. The van der Waals surface area contributed by atoms with Crippen LogP contribution in [0.25, 0.3) is 10.4 Å². The van der Waals surface area contributed by atoms with E-state index < -0.39 is 0 Å². The summed E-state index contributed by atoms with van der Waals surface area (Å²) in [5, 5.41) is 3.45. The lowest BCUT2D eigenvalue weighted by molar-refractivity contribution is 0.363. The molecule has 0 amide bonds. The molecule has 4 nitrogen and oxygen atoms in total. The molecule has 0 saturated carbocycles. The summed E-state index contributed by atoms with van der Waals surface area (Å²) >= 11 is 0. The van der Waals surface area contributed by atoms with E-state index in [1.165, 1.54) is 0 Å². The minimum Gasteiger partial charge on any atom is -0.490 e. The van der Waals surface area contributed by atoms with Gasteiger partial charge in [-0.1, -0.05) is 29.9 Å². The summed E-state index contributed by atoms with van der Waals surface area (Å²) in [5.41, 5.74) is 8.73. The summed E-state index contributed by atoms with van der Waals surface area (Å²) in [6.45, 7) is 3.97. The standard InChI is InChI=1S/C9H9N3O/c1-2-6-13-9-5-3-4-8(7-9)11-12-10/h2-5,7H,1,6H2. The summed E-state index contributed by atoms with van der Waals surface area (Å²) in [7, 11) is 0. The van der Waals surface area contributed by atoms with Crippen LogP contribution < -0.4 is 4.74 Å². The highest BCUT2D eigenvalue weighted by atomic mass is 16.5. The molecule has 0 N–H and O–H groups in total. The minimum atomic E-state index is 0.444. The van der Waals surface area contributed by atoms with Crippen LogP contribution in [0, 0.1) is 0 Å². The smallest absolute Gasteiger partial charge is 0.120 e. The van der Waals surface area contributed by atoms with E-state index in [0.717, 1.165) is 0 Å². The zero-order valence-electron chi connectivity index (χ0n) is 7.05.